The van der Waals surface area contributed by atoms with Crippen LogP contribution in [0.4, 0.5) is 0 Å². The number of aryl methyl sites for hydroxylation is 1. The predicted molar refractivity (Wildman–Crippen MR) is 49.6 cm³/mol. The lowest BCUT2D eigenvalue weighted by molar-refractivity contribution is 0.496. The monoisotopic (exact) mass is 165 g/mol. The van der Waals surface area contributed by atoms with Crippen LogP contribution < -0.4 is 0 Å². The van der Waals surface area contributed by atoms with Gasteiger partial charge in [-0.25, -0.2) is 4.98 Å². The smallest absolute Gasteiger partial charge is 0.0943 e. The number of nitrogens with zero attached hydrogens (tertiary/aromatic N) is 3. The molecule has 0 amide bonds. The van der Waals surface area contributed by atoms with Crippen molar-refractivity contribution in [3.8, 4) is 0 Å². The van der Waals surface area contributed by atoms with Gasteiger partial charge in [-0.15, -0.1) is 0 Å². The van der Waals surface area contributed by atoms with Crippen molar-refractivity contribution < 1.29 is 0 Å². The Kier molecular flexibility index (Phi) is 3.38. The molecule has 0 radical (unpaired) electrons. The normalized spacial score (nSPS) is 14.3. The fourth-order valence-corrected chi connectivity index (χ4v) is 0.933. The van der Waals surface area contributed by atoms with Crippen molar-refractivity contribution in [2.45, 2.75) is 6.42 Å². The molecule has 0 aliphatic carbocycles. The highest BCUT2D eigenvalue weighted by atomic mass is 15.1. The Hall–Kier alpha value is -1.25. The second-order valence-electron chi connectivity index (χ2n) is 2.88. The largest absolute Gasteiger partial charge is 0.380 e. The first-order chi connectivity index (χ1) is 5.79. The average Bonchev–Trinajstić information content (AvgIpc) is 2.63. The van der Waals surface area contributed by atoms with E-state index in [0.717, 1.165) is 0 Å². The standard InChI is InChI=1S/C5H9N.C4H6N2/c1-6-4-2-3-5-6;1-6-3-2-5-4-6/h2,4H,3,5H2,1H3;2-4H,1H3. The van der Waals surface area contributed by atoms with E-state index in [4.69, 9.17) is 0 Å². The quantitative estimate of drug-likeness (QED) is 0.577. The van der Waals surface area contributed by atoms with E-state index in [1.165, 1.54) is 13.0 Å². The molecule has 0 atom stereocenters. The highest BCUT2D eigenvalue weighted by Gasteiger charge is 1.92. The van der Waals surface area contributed by atoms with Gasteiger partial charge < -0.3 is 9.47 Å². The van der Waals surface area contributed by atoms with Crippen LogP contribution in [0, 0.1) is 0 Å². The number of imidazole rings is 1. The molecule has 3 nitrogen and oxygen atoms in total. The number of rotatable bonds is 0. The first-order valence-electron chi connectivity index (χ1n) is 4.08. The summed E-state index contributed by atoms with van der Waals surface area (Å²) in [5.41, 5.74) is 0. The Labute approximate surface area is 73.3 Å². The van der Waals surface area contributed by atoms with Crippen LogP contribution in [0.3, 0.4) is 0 Å². The maximum atomic E-state index is 3.78. The Morgan fingerprint density at radius 1 is 1.33 bits per heavy atom. The minimum Gasteiger partial charge on any atom is -0.380 e. The van der Waals surface area contributed by atoms with E-state index < -0.39 is 0 Å². The van der Waals surface area contributed by atoms with Crippen LogP contribution in [0.25, 0.3) is 0 Å². The highest BCUT2D eigenvalue weighted by Crippen LogP contribution is 1.97. The van der Waals surface area contributed by atoms with Crippen LogP contribution in [0.15, 0.2) is 31.0 Å². The molecule has 12 heavy (non-hydrogen) atoms. The molecule has 0 N–H and O–H groups in total. The van der Waals surface area contributed by atoms with Crippen molar-refractivity contribution in [3.63, 3.8) is 0 Å². The number of hydrogen-bond acceptors (Lipinski definition) is 2. The first kappa shape index (κ1) is 8.84. The maximum Gasteiger partial charge on any atom is 0.0943 e. The Balaban J connectivity index is 0.000000120. The molecule has 3 heteroatoms. The van der Waals surface area contributed by atoms with Gasteiger partial charge in [0, 0.05) is 33.0 Å². The first-order valence-corrected chi connectivity index (χ1v) is 4.08. The summed E-state index contributed by atoms with van der Waals surface area (Å²) >= 11 is 0. The summed E-state index contributed by atoms with van der Waals surface area (Å²) in [7, 11) is 4.02. The molecule has 2 rings (SSSR count). The third-order valence-electron chi connectivity index (χ3n) is 1.65. The van der Waals surface area contributed by atoms with Crippen molar-refractivity contribution >= 4 is 0 Å². The van der Waals surface area contributed by atoms with Gasteiger partial charge >= 0.3 is 0 Å². The van der Waals surface area contributed by atoms with Crippen LogP contribution in [0.5, 0.6) is 0 Å². The lowest BCUT2D eigenvalue weighted by Gasteiger charge is -2.02. The molecule has 0 bridgehead atoms. The molecule has 1 aromatic rings. The van der Waals surface area contributed by atoms with Gasteiger partial charge in [-0.05, 0) is 12.6 Å². The molecule has 0 spiro atoms. The zero-order valence-corrected chi connectivity index (χ0v) is 7.64. The molecule has 1 aromatic heterocycles. The molecular formula is C9H15N3. The van der Waals surface area contributed by atoms with Crippen LogP contribution in [0.1, 0.15) is 6.42 Å². The molecule has 2 heterocycles. The summed E-state index contributed by atoms with van der Waals surface area (Å²) in [6.45, 7) is 1.21. The molecule has 0 unspecified atom stereocenters. The van der Waals surface area contributed by atoms with Gasteiger partial charge in [0.25, 0.3) is 0 Å². The van der Waals surface area contributed by atoms with E-state index >= 15 is 0 Å². The zero-order chi connectivity index (χ0) is 8.81. The van der Waals surface area contributed by atoms with E-state index in [2.05, 4.69) is 29.2 Å². The van der Waals surface area contributed by atoms with Crippen molar-refractivity contribution in [2.24, 2.45) is 7.05 Å². The summed E-state index contributed by atoms with van der Waals surface area (Å²) in [4.78, 5) is 5.97. The summed E-state index contributed by atoms with van der Waals surface area (Å²) in [5, 5.41) is 0. The lowest BCUT2D eigenvalue weighted by atomic mass is 10.5. The van der Waals surface area contributed by atoms with Crippen LogP contribution >= 0.6 is 0 Å². The Morgan fingerprint density at radius 2 is 2.17 bits per heavy atom. The zero-order valence-electron chi connectivity index (χ0n) is 7.64. The molecule has 0 saturated carbocycles. The van der Waals surface area contributed by atoms with Crippen LogP contribution in [0.2, 0.25) is 0 Å². The van der Waals surface area contributed by atoms with E-state index in [-0.39, 0.29) is 0 Å². The summed E-state index contributed by atoms with van der Waals surface area (Å²) < 4.78 is 1.89. The number of hydrogen-bond donors (Lipinski definition) is 0. The molecule has 66 valence electrons. The summed E-state index contributed by atoms with van der Waals surface area (Å²) in [6.07, 6.45) is 10.9. The lowest BCUT2D eigenvalue weighted by Crippen LogP contribution is -2.04. The van der Waals surface area contributed by atoms with E-state index in [9.17, 15) is 0 Å². The molecule has 1 aliphatic heterocycles. The van der Waals surface area contributed by atoms with Crippen molar-refractivity contribution in [1.82, 2.24) is 14.5 Å². The second-order valence-corrected chi connectivity index (χ2v) is 2.88. The van der Waals surface area contributed by atoms with Gasteiger partial charge in [-0.2, -0.15) is 0 Å². The third kappa shape index (κ3) is 3.23. The van der Waals surface area contributed by atoms with E-state index in [1.54, 1.807) is 12.5 Å². The van der Waals surface area contributed by atoms with Gasteiger partial charge in [0.2, 0.25) is 0 Å². The molecule has 0 aromatic carbocycles. The van der Waals surface area contributed by atoms with Gasteiger partial charge in [0.15, 0.2) is 0 Å². The predicted octanol–water partition coefficient (Wildman–Crippen LogP) is 1.26. The van der Waals surface area contributed by atoms with Crippen molar-refractivity contribution in [3.05, 3.63) is 31.0 Å². The van der Waals surface area contributed by atoms with Crippen molar-refractivity contribution in [2.75, 3.05) is 13.6 Å². The maximum absolute atomic E-state index is 3.78. The average molecular weight is 165 g/mol. The van der Waals surface area contributed by atoms with Gasteiger partial charge in [-0.1, -0.05) is 6.08 Å². The summed E-state index contributed by atoms with van der Waals surface area (Å²) in [6, 6.07) is 0. The van der Waals surface area contributed by atoms with Gasteiger partial charge in [-0.3, -0.25) is 0 Å². The fourth-order valence-electron chi connectivity index (χ4n) is 0.933. The van der Waals surface area contributed by atoms with Crippen molar-refractivity contribution in [1.29, 1.82) is 0 Å². The number of aromatic nitrogens is 2. The molecular weight excluding hydrogens is 150 g/mol. The molecule has 1 aliphatic rings. The van der Waals surface area contributed by atoms with E-state index in [0.29, 0.717) is 0 Å². The van der Waals surface area contributed by atoms with Gasteiger partial charge in [0.1, 0.15) is 0 Å². The topological polar surface area (TPSA) is 21.1 Å². The Bertz CT molecular complexity index is 226. The van der Waals surface area contributed by atoms with E-state index in [1.807, 2.05) is 17.8 Å². The third-order valence-corrected chi connectivity index (χ3v) is 1.65. The van der Waals surface area contributed by atoms with Gasteiger partial charge in [0.05, 0.1) is 6.33 Å². The minimum absolute atomic E-state index is 1.21. The SMILES string of the molecule is CN1C=CCC1.Cn1ccnc1. The second kappa shape index (κ2) is 4.59. The summed E-state index contributed by atoms with van der Waals surface area (Å²) in [5.74, 6) is 0. The highest BCUT2D eigenvalue weighted by molar-refractivity contribution is 4.88. The Morgan fingerprint density at radius 3 is 2.33 bits per heavy atom. The fraction of sp³-hybridized carbons (Fsp3) is 0.444. The minimum atomic E-state index is 1.21. The molecule has 0 fully saturated rings. The van der Waals surface area contributed by atoms with Crippen LogP contribution in [-0.2, 0) is 7.05 Å². The van der Waals surface area contributed by atoms with Crippen LogP contribution in [-0.4, -0.2) is 28.0 Å². The molecule has 0 saturated heterocycles.